The van der Waals surface area contributed by atoms with Gasteiger partial charge in [-0.05, 0) is 31.2 Å². The van der Waals surface area contributed by atoms with Crippen molar-refractivity contribution in [2.75, 3.05) is 13.1 Å². The van der Waals surface area contributed by atoms with Crippen molar-refractivity contribution in [3.63, 3.8) is 0 Å². The number of carbonyl (C=O) groups excluding carboxylic acids is 1. The third kappa shape index (κ3) is 2.91. The molecular weight excluding hydrogens is 314 g/mol. The molecule has 2 aromatic heterocycles. The topological polar surface area (TPSA) is 108 Å². The van der Waals surface area contributed by atoms with E-state index < -0.39 is 17.2 Å². The summed E-state index contributed by atoms with van der Waals surface area (Å²) in [4.78, 5) is 41.8. The van der Waals surface area contributed by atoms with Crippen molar-refractivity contribution < 1.29 is 14.3 Å². The molecule has 0 radical (unpaired) electrons. The number of rotatable bonds is 3. The van der Waals surface area contributed by atoms with Crippen LogP contribution in [0.2, 0.25) is 0 Å². The Balaban J connectivity index is 2.05. The SMILES string of the molecule is CCc1cc(=O)oc2nc([O-])n(CC(=O)N3CCCCC3)c(=O)c12. The molecule has 0 bridgehead atoms. The maximum absolute atomic E-state index is 12.6. The summed E-state index contributed by atoms with van der Waals surface area (Å²) in [5.41, 5.74) is -1.11. The highest BCUT2D eigenvalue weighted by Crippen LogP contribution is 2.15. The molecule has 1 aliphatic rings. The van der Waals surface area contributed by atoms with E-state index in [-0.39, 0.29) is 23.6 Å². The number of aromatic nitrogens is 2. The second-order valence-electron chi connectivity index (χ2n) is 5.85. The monoisotopic (exact) mass is 332 g/mol. The van der Waals surface area contributed by atoms with E-state index in [0.29, 0.717) is 25.1 Å². The van der Waals surface area contributed by atoms with Crippen molar-refractivity contribution in [1.82, 2.24) is 14.5 Å². The molecule has 0 unspecified atom stereocenters. The van der Waals surface area contributed by atoms with Crippen LogP contribution in [0.15, 0.2) is 20.1 Å². The van der Waals surface area contributed by atoms with Crippen LogP contribution in [0.1, 0.15) is 31.7 Å². The van der Waals surface area contributed by atoms with Gasteiger partial charge in [0.05, 0.1) is 6.01 Å². The van der Waals surface area contributed by atoms with Crippen LogP contribution in [0.5, 0.6) is 6.01 Å². The predicted molar refractivity (Wildman–Crippen MR) is 83.8 cm³/mol. The number of hydrogen-bond donors (Lipinski definition) is 0. The molecule has 3 rings (SSSR count). The minimum absolute atomic E-state index is 0.0862. The first kappa shape index (κ1) is 16.2. The summed E-state index contributed by atoms with van der Waals surface area (Å²) in [6.45, 7) is 2.71. The second kappa shape index (κ2) is 6.46. The maximum Gasteiger partial charge on any atom is 0.337 e. The van der Waals surface area contributed by atoms with Crippen molar-refractivity contribution in [3.05, 3.63) is 32.4 Å². The Hall–Kier alpha value is -2.64. The molecule has 0 saturated carbocycles. The number of likely N-dealkylation sites (tertiary alicyclic amines) is 1. The van der Waals surface area contributed by atoms with Crippen LogP contribution in [0.25, 0.3) is 11.1 Å². The van der Waals surface area contributed by atoms with Gasteiger partial charge in [-0.1, -0.05) is 6.92 Å². The van der Waals surface area contributed by atoms with Gasteiger partial charge in [-0.2, -0.15) is 0 Å². The van der Waals surface area contributed by atoms with Crippen molar-refractivity contribution >= 4 is 17.0 Å². The summed E-state index contributed by atoms with van der Waals surface area (Å²) in [7, 11) is 0. The highest BCUT2D eigenvalue weighted by atomic mass is 16.4. The zero-order chi connectivity index (χ0) is 17.3. The first-order chi connectivity index (χ1) is 11.5. The molecular formula is C16H18N3O5-. The van der Waals surface area contributed by atoms with Crippen LogP contribution in [0, 0.1) is 0 Å². The van der Waals surface area contributed by atoms with Gasteiger partial charge in [-0.25, -0.2) is 9.78 Å². The van der Waals surface area contributed by atoms with Gasteiger partial charge in [-0.3, -0.25) is 14.2 Å². The smallest absolute Gasteiger partial charge is 0.337 e. The molecule has 0 aromatic carbocycles. The predicted octanol–water partition coefficient (Wildman–Crippen LogP) is -0.00180. The van der Waals surface area contributed by atoms with Gasteiger partial charge in [0.2, 0.25) is 11.6 Å². The molecule has 3 heterocycles. The Kier molecular flexibility index (Phi) is 4.37. The molecule has 1 aliphatic heterocycles. The molecule has 24 heavy (non-hydrogen) atoms. The van der Waals surface area contributed by atoms with E-state index in [2.05, 4.69) is 4.98 Å². The lowest BCUT2D eigenvalue weighted by Gasteiger charge is -2.27. The van der Waals surface area contributed by atoms with Crippen molar-refractivity contribution in [3.8, 4) is 6.01 Å². The number of amides is 1. The molecule has 0 aliphatic carbocycles. The van der Waals surface area contributed by atoms with E-state index in [1.165, 1.54) is 6.07 Å². The summed E-state index contributed by atoms with van der Waals surface area (Å²) < 4.78 is 5.68. The lowest BCUT2D eigenvalue weighted by molar-refractivity contribution is -0.286. The summed E-state index contributed by atoms with van der Waals surface area (Å²) >= 11 is 0. The summed E-state index contributed by atoms with van der Waals surface area (Å²) in [5.74, 6) is -0.273. The summed E-state index contributed by atoms with van der Waals surface area (Å²) in [6, 6.07) is 0.335. The first-order valence-electron chi connectivity index (χ1n) is 8.03. The van der Waals surface area contributed by atoms with Crippen LogP contribution in [0.3, 0.4) is 0 Å². The second-order valence-corrected chi connectivity index (χ2v) is 5.85. The fourth-order valence-electron chi connectivity index (χ4n) is 3.00. The molecule has 0 spiro atoms. The fourth-order valence-corrected chi connectivity index (χ4v) is 3.00. The van der Waals surface area contributed by atoms with E-state index in [1.807, 2.05) is 0 Å². The third-order valence-corrected chi connectivity index (χ3v) is 4.29. The van der Waals surface area contributed by atoms with Gasteiger partial charge >= 0.3 is 5.63 Å². The standard InChI is InChI=1S/C16H19N3O5/c1-2-10-8-12(21)24-14-13(10)15(22)19(16(23)17-14)9-11(20)18-6-4-3-5-7-18/h8H,2-7,9H2,1H3,(H,17,23)/p-1. The Morgan fingerprint density at radius 1 is 1.29 bits per heavy atom. The van der Waals surface area contributed by atoms with E-state index in [1.54, 1.807) is 11.8 Å². The molecule has 0 atom stereocenters. The maximum atomic E-state index is 12.6. The zero-order valence-electron chi connectivity index (χ0n) is 13.4. The van der Waals surface area contributed by atoms with Gasteiger partial charge in [0.25, 0.3) is 5.56 Å². The number of piperidine rings is 1. The number of carbonyl (C=O) groups is 1. The third-order valence-electron chi connectivity index (χ3n) is 4.29. The average Bonchev–Trinajstić information content (AvgIpc) is 2.58. The quantitative estimate of drug-likeness (QED) is 0.782. The van der Waals surface area contributed by atoms with Gasteiger partial charge < -0.3 is 14.4 Å². The number of hydrogen-bond acceptors (Lipinski definition) is 6. The minimum atomic E-state index is -0.880. The van der Waals surface area contributed by atoms with Crippen molar-refractivity contribution in [1.29, 1.82) is 0 Å². The molecule has 1 fully saturated rings. The van der Waals surface area contributed by atoms with Gasteiger partial charge in [0.15, 0.2) is 0 Å². The van der Waals surface area contributed by atoms with Crippen molar-refractivity contribution in [2.24, 2.45) is 0 Å². The number of fused-ring (bicyclic) bond motifs is 1. The lowest BCUT2D eigenvalue weighted by atomic mass is 10.1. The largest absolute Gasteiger partial charge is 0.846 e. The Bertz CT molecular complexity index is 893. The lowest BCUT2D eigenvalue weighted by Crippen LogP contribution is -2.40. The number of nitrogens with zero attached hydrogens (tertiary/aromatic N) is 3. The molecule has 8 nitrogen and oxygen atoms in total. The minimum Gasteiger partial charge on any atom is -0.846 e. The van der Waals surface area contributed by atoms with E-state index in [4.69, 9.17) is 4.42 Å². The fraction of sp³-hybridized carbons (Fsp3) is 0.500. The Morgan fingerprint density at radius 2 is 2.00 bits per heavy atom. The van der Waals surface area contributed by atoms with Gasteiger partial charge in [0.1, 0.15) is 11.9 Å². The van der Waals surface area contributed by atoms with Crippen LogP contribution >= 0.6 is 0 Å². The van der Waals surface area contributed by atoms with Gasteiger partial charge in [0, 0.05) is 19.2 Å². The van der Waals surface area contributed by atoms with Crippen LogP contribution in [-0.2, 0) is 17.8 Å². The zero-order valence-corrected chi connectivity index (χ0v) is 13.4. The van der Waals surface area contributed by atoms with Crippen LogP contribution in [-0.4, -0.2) is 33.4 Å². The molecule has 1 saturated heterocycles. The average molecular weight is 332 g/mol. The molecule has 128 valence electrons. The summed E-state index contributed by atoms with van der Waals surface area (Å²) in [6.07, 6.45) is 3.34. The normalized spacial score (nSPS) is 15.0. The Morgan fingerprint density at radius 3 is 2.67 bits per heavy atom. The highest BCUT2D eigenvalue weighted by Gasteiger charge is 2.19. The molecule has 1 amide bonds. The molecule has 0 N–H and O–H groups in total. The Labute approximate surface area is 137 Å². The van der Waals surface area contributed by atoms with E-state index in [9.17, 15) is 19.5 Å². The number of aryl methyl sites for hydroxylation is 1. The molecule has 8 heteroatoms. The van der Waals surface area contributed by atoms with E-state index in [0.717, 1.165) is 23.8 Å². The van der Waals surface area contributed by atoms with E-state index >= 15 is 0 Å². The molecule has 2 aromatic rings. The van der Waals surface area contributed by atoms with Crippen LogP contribution < -0.4 is 16.3 Å². The van der Waals surface area contributed by atoms with Crippen molar-refractivity contribution in [2.45, 2.75) is 39.2 Å². The van der Waals surface area contributed by atoms with Crippen LogP contribution in [0.4, 0.5) is 0 Å². The van der Waals surface area contributed by atoms with Gasteiger partial charge in [-0.15, -0.1) is 0 Å². The first-order valence-corrected chi connectivity index (χ1v) is 8.03. The summed E-state index contributed by atoms with van der Waals surface area (Å²) in [5, 5.41) is 12.2. The highest BCUT2D eigenvalue weighted by molar-refractivity contribution is 5.78.